The zero-order valence-electron chi connectivity index (χ0n) is 13.1. The molecule has 0 aliphatic heterocycles. The van der Waals surface area contributed by atoms with E-state index in [1.807, 2.05) is 6.92 Å². The van der Waals surface area contributed by atoms with E-state index < -0.39 is 11.9 Å². The average molecular weight is 315 g/mol. The minimum Gasteiger partial charge on any atom is -0.367 e. The van der Waals surface area contributed by atoms with Crippen molar-refractivity contribution >= 4 is 11.6 Å². The van der Waals surface area contributed by atoms with Gasteiger partial charge in [0.15, 0.2) is 5.69 Å². The van der Waals surface area contributed by atoms with E-state index >= 15 is 0 Å². The number of hydrogen-bond acceptors (Lipinski definition) is 4. The lowest BCUT2D eigenvalue weighted by Crippen LogP contribution is -2.21. The van der Waals surface area contributed by atoms with E-state index in [1.54, 1.807) is 0 Å². The van der Waals surface area contributed by atoms with Crippen molar-refractivity contribution in [1.29, 1.82) is 0 Å². The predicted octanol–water partition coefficient (Wildman–Crippen LogP) is 3.77. The molecule has 0 aliphatic rings. The van der Waals surface area contributed by atoms with Crippen molar-refractivity contribution in [1.82, 2.24) is 19.6 Å². The van der Waals surface area contributed by atoms with Crippen molar-refractivity contribution in [2.75, 3.05) is 5.32 Å². The van der Waals surface area contributed by atoms with Crippen molar-refractivity contribution in [3.05, 3.63) is 18.1 Å². The summed E-state index contributed by atoms with van der Waals surface area (Å²) in [6.45, 7) is 8.32. The molecule has 0 aromatic carbocycles. The lowest BCUT2D eigenvalue weighted by Gasteiger charge is -2.22. The third kappa shape index (κ3) is 4.08. The number of halogens is 3. The number of alkyl halides is 3. The molecule has 1 unspecified atom stereocenters. The number of nitrogens with one attached hydrogen (secondary N) is 1. The predicted molar refractivity (Wildman–Crippen MR) is 77.6 cm³/mol. The second-order valence-electron chi connectivity index (χ2n) is 6.64. The van der Waals surface area contributed by atoms with Crippen LogP contribution in [0.5, 0.6) is 0 Å². The second-order valence-corrected chi connectivity index (χ2v) is 6.64. The normalized spacial score (nSPS) is 14.3. The summed E-state index contributed by atoms with van der Waals surface area (Å²) in [4.78, 5) is 7.23. The Balaban J connectivity index is 2.24. The largest absolute Gasteiger partial charge is 0.433 e. The first kappa shape index (κ1) is 16.5. The molecule has 5 nitrogen and oxygen atoms in total. The average Bonchev–Trinajstić information content (AvgIpc) is 2.83. The molecule has 8 heteroatoms. The molecule has 2 aromatic rings. The highest BCUT2D eigenvalue weighted by Crippen LogP contribution is 2.30. The third-order valence-corrected chi connectivity index (χ3v) is 3.26. The molecular weight excluding hydrogens is 295 g/mol. The maximum Gasteiger partial charge on any atom is 0.433 e. The molecular formula is C14H20F3N5. The lowest BCUT2D eigenvalue weighted by molar-refractivity contribution is -0.141. The van der Waals surface area contributed by atoms with Gasteiger partial charge in [0.1, 0.15) is 12.1 Å². The van der Waals surface area contributed by atoms with Crippen LogP contribution in [-0.4, -0.2) is 25.6 Å². The van der Waals surface area contributed by atoms with Crippen LogP contribution in [0.25, 0.3) is 5.78 Å². The third-order valence-electron chi connectivity index (χ3n) is 3.26. The van der Waals surface area contributed by atoms with E-state index in [1.165, 1.54) is 10.8 Å². The first-order valence-electron chi connectivity index (χ1n) is 7.11. The fourth-order valence-corrected chi connectivity index (χ4v) is 2.03. The van der Waals surface area contributed by atoms with Crippen molar-refractivity contribution in [3.8, 4) is 0 Å². The molecule has 0 spiro atoms. The van der Waals surface area contributed by atoms with Gasteiger partial charge >= 0.3 is 6.18 Å². The van der Waals surface area contributed by atoms with Gasteiger partial charge in [-0.2, -0.15) is 27.8 Å². The SMILES string of the molecule is CC(CCC(C)(C)C)Nc1cc(C(F)(F)F)nc2ncnn12. The Labute approximate surface area is 127 Å². The van der Waals surface area contributed by atoms with Crippen molar-refractivity contribution in [2.45, 2.75) is 52.8 Å². The van der Waals surface area contributed by atoms with Crippen LogP contribution >= 0.6 is 0 Å². The Kier molecular flexibility index (Phi) is 4.30. The van der Waals surface area contributed by atoms with Crippen LogP contribution in [0.2, 0.25) is 0 Å². The number of rotatable bonds is 4. The number of aromatic nitrogens is 4. The molecule has 122 valence electrons. The van der Waals surface area contributed by atoms with Crippen LogP contribution in [0.3, 0.4) is 0 Å². The number of fused-ring (bicyclic) bond motifs is 1. The maximum absolute atomic E-state index is 12.9. The molecule has 0 radical (unpaired) electrons. The molecule has 2 aromatic heterocycles. The van der Waals surface area contributed by atoms with Gasteiger partial charge in [0.2, 0.25) is 0 Å². The van der Waals surface area contributed by atoms with Gasteiger partial charge < -0.3 is 5.32 Å². The van der Waals surface area contributed by atoms with E-state index in [4.69, 9.17) is 0 Å². The topological polar surface area (TPSA) is 55.1 Å². The Morgan fingerprint density at radius 2 is 1.95 bits per heavy atom. The van der Waals surface area contributed by atoms with Crippen LogP contribution in [0.4, 0.5) is 19.0 Å². The summed E-state index contributed by atoms with van der Waals surface area (Å²) in [6, 6.07) is 0.977. The zero-order valence-corrected chi connectivity index (χ0v) is 13.1. The Bertz CT molecular complexity index is 642. The highest BCUT2D eigenvalue weighted by molar-refractivity contribution is 5.46. The van der Waals surface area contributed by atoms with Crippen LogP contribution in [0, 0.1) is 5.41 Å². The lowest BCUT2D eigenvalue weighted by atomic mass is 9.89. The summed E-state index contributed by atoms with van der Waals surface area (Å²) in [5.74, 6) is 0.177. The standard InChI is InChI=1S/C14H20F3N5/c1-9(5-6-13(2,3)4)20-11-7-10(14(15,16)17)21-12-18-8-19-22(11)12/h7-9,20H,5-6H2,1-4H3. The fraction of sp³-hybridized carbons (Fsp3) is 0.643. The summed E-state index contributed by atoms with van der Waals surface area (Å²) >= 11 is 0. The summed E-state index contributed by atoms with van der Waals surface area (Å²) in [5, 5.41) is 6.99. The molecule has 0 saturated carbocycles. The van der Waals surface area contributed by atoms with Crippen LogP contribution in [0.1, 0.15) is 46.2 Å². The Morgan fingerprint density at radius 3 is 2.55 bits per heavy atom. The molecule has 1 N–H and O–H groups in total. The summed E-state index contributed by atoms with van der Waals surface area (Å²) in [5.41, 5.74) is -0.799. The molecule has 22 heavy (non-hydrogen) atoms. The van der Waals surface area contributed by atoms with Crippen molar-refractivity contribution in [2.24, 2.45) is 5.41 Å². The number of hydrogen-bond donors (Lipinski definition) is 1. The number of anilines is 1. The first-order chi connectivity index (χ1) is 10.1. The van der Waals surface area contributed by atoms with E-state index in [-0.39, 0.29) is 23.1 Å². The molecule has 0 saturated heterocycles. The van der Waals surface area contributed by atoms with Gasteiger partial charge in [-0.1, -0.05) is 20.8 Å². The van der Waals surface area contributed by atoms with Gasteiger partial charge in [0.25, 0.3) is 5.78 Å². The molecule has 1 atom stereocenters. The monoisotopic (exact) mass is 315 g/mol. The molecule has 2 heterocycles. The van der Waals surface area contributed by atoms with Crippen LogP contribution in [-0.2, 0) is 6.18 Å². The minimum absolute atomic E-state index is 0.00936. The van der Waals surface area contributed by atoms with Crippen molar-refractivity contribution in [3.63, 3.8) is 0 Å². The van der Waals surface area contributed by atoms with Crippen LogP contribution < -0.4 is 5.32 Å². The molecule has 0 bridgehead atoms. The molecule has 2 rings (SSSR count). The van der Waals surface area contributed by atoms with E-state index in [0.717, 1.165) is 18.9 Å². The maximum atomic E-state index is 12.9. The van der Waals surface area contributed by atoms with Gasteiger partial charge in [-0.15, -0.1) is 0 Å². The van der Waals surface area contributed by atoms with E-state index in [2.05, 4.69) is 41.2 Å². The Morgan fingerprint density at radius 1 is 1.27 bits per heavy atom. The van der Waals surface area contributed by atoms with Gasteiger partial charge in [-0.05, 0) is 25.2 Å². The smallest absolute Gasteiger partial charge is 0.367 e. The fourth-order valence-electron chi connectivity index (χ4n) is 2.03. The summed E-state index contributed by atoms with van der Waals surface area (Å²) in [6.07, 6.45) is -1.53. The van der Waals surface area contributed by atoms with Gasteiger partial charge in [-0.3, -0.25) is 0 Å². The van der Waals surface area contributed by atoms with Gasteiger partial charge in [0.05, 0.1) is 0 Å². The van der Waals surface area contributed by atoms with E-state index in [9.17, 15) is 13.2 Å². The zero-order chi connectivity index (χ0) is 16.5. The van der Waals surface area contributed by atoms with Crippen molar-refractivity contribution < 1.29 is 13.2 Å². The van der Waals surface area contributed by atoms with E-state index in [0.29, 0.717) is 0 Å². The first-order valence-corrected chi connectivity index (χ1v) is 7.11. The highest BCUT2D eigenvalue weighted by atomic mass is 19.4. The minimum atomic E-state index is -4.52. The summed E-state index contributed by atoms with van der Waals surface area (Å²) in [7, 11) is 0. The summed E-state index contributed by atoms with van der Waals surface area (Å²) < 4.78 is 40.0. The number of nitrogens with zero attached hydrogens (tertiary/aromatic N) is 4. The molecule has 0 fully saturated rings. The van der Waals surface area contributed by atoms with Gasteiger partial charge in [0, 0.05) is 12.1 Å². The molecule has 0 amide bonds. The van der Waals surface area contributed by atoms with Gasteiger partial charge in [-0.25, -0.2) is 4.98 Å². The Hall–Kier alpha value is -1.86. The van der Waals surface area contributed by atoms with Crippen LogP contribution in [0.15, 0.2) is 12.4 Å². The second kappa shape index (κ2) is 5.73. The molecule has 0 aliphatic carbocycles. The quantitative estimate of drug-likeness (QED) is 0.933. The highest BCUT2D eigenvalue weighted by Gasteiger charge is 2.34.